The third-order valence-electron chi connectivity index (χ3n) is 3.19. The predicted molar refractivity (Wildman–Crippen MR) is 72.1 cm³/mol. The van der Waals surface area contributed by atoms with Crippen molar-refractivity contribution in [3.8, 4) is 0 Å². The smallest absolute Gasteiger partial charge is 0.253 e. The summed E-state index contributed by atoms with van der Waals surface area (Å²) >= 11 is 0. The van der Waals surface area contributed by atoms with Crippen molar-refractivity contribution >= 4 is 17.7 Å². The maximum atomic E-state index is 11.9. The fourth-order valence-corrected chi connectivity index (χ4v) is 1.86. The lowest BCUT2D eigenvalue weighted by Crippen LogP contribution is -2.65. The fraction of sp³-hybridized carbons (Fsp3) is 0.500. The van der Waals surface area contributed by atoms with Crippen LogP contribution in [0.3, 0.4) is 0 Å². The minimum absolute atomic E-state index is 0.101. The van der Waals surface area contributed by atoms with Crippen LogP contribution in [0.25, 0.3) is 0 Å². The van der Waals surface area contributed by atoms with Crippen molar-refractivity contribution in [3.63, 3.8) is 0 Å². The number of hydrogen-bond acceptors (Lipinski definition) is 3. The van der Waals surface area contributed by atoms with E-state index in [1.165, 1.54) is 9.80 Å². The van der Waals surface area contributed by atoms with E-state index >= 15 is 0 Å². The lowest BCUT2D eigenvalue weighted by atomic mass is 10.0. The maximum Gasteiger partial charge on any atom is 0.253 e. The summed E-state index contributed by atoms with van der Waals surface area (Å²) < 4.78 is 0. The molecule has 1 fully saturated rings. The highest BCUT2D eigenvalue weighted by Gasteiger charge is 2.43. The van der Waals surface area contributed by atoms with Gasteiger partial charge >= 0.3 is 0 Å². The first-order chi connectivity index (χ1) is 9.02. The number of carbonyl (C=O) groups is 3. The minimum atomic E-state index is -0.495. The van der Waals surface area contributed by atoms with Crippen LogP contribution in [-0.4, -0.2) is 47.2 Å². The Hall–Kier alpha value is -1.91. The molecule has 0 saturated carbocycles. The van der Waals surface area contributed by atoms with Crippen molar-refractivity contribution in [1.82, 2.24) is 9.80 Å². The molecule has 0 aromatic rings. The molecule has 0 bridgehead atoms. The van der Waals surface area contributed by atoms with Crippen LogP contribution in [0.5, 0.6) is 0 Å². The molecule has 5 heteroatoms. The Labute approximate surface area is 113 Å². The Balaban J connectivity index is 2.46. The van der Waals surface area contributed by atoms with Crippen LogP contribution in [0.15, 0.2) is 25.3 Å². The van der Waals surface area contributed by atoms with Crippen LogP contribution in [0.1, 0.15) is 25.7 Å². The molecule has 1 saturated heterocycles. The average Bonchev–Trinajstić information content (AvgIpc) is 2.40. The molecule has 0 N–H and O–H groups in total. The summed E-state index contributed by atoms with van der Waals surface area (Å²) in [7, 11) is 1.60. The molecule has 0 aromatic heterocycles. The number of likely N-dealkylation sites (tertiary alicyclic amines) is 1. The number of hydrogen-bond donors (Lipinski definition) is 0. The summed E-state index contributed by atoms with van der Waals surface area (Å²) in [6.07, 6.45) is 5.09. The molecule has 1 rings (SSSR count). The highest BCUT2D eigenvalue weighted by molar-refractivity contribution is 6.04. The van der Waals surface area contributed by atoms with E-state index in [-0.39, 0.29) is 24.1 Å². The molecule has 19 heavy (non-hydrogen) atoms. The van der Waals surface area contributed by atoms with Crippen molar-refractivity contribution in [2.24, 2.45) is 0 Å². The van der Waals surface area contributed by atoms with Crippen molar-refractivity contribution in [2.45, 2.75) is 31.7 Å². The second-order valence-corrected chi connectivity index (χ2v) is 4.52. The molecule has 0 radical (unpaired) electrons. The van der Waals surface area contributed by atoms with Crippen LogP contribution in [-0.2, 0) is 14.4 Å². The number of β-lactam (4-membered cyclic amide) rings is 1. The van der Waals surface area contributed by atoms with E-state index in [0.29, 0.717) is 25.8 Å². The van der Waals surface area contributed by atoms with E-state index in [1.54, 1.807) is 19.2 Å². The van der Waals surface area contributed by atoms with Gasteiger partial charge in [0, 0.05) is 19.9 Å². The van der Waals surface area contributed by atoms with Crippen molar-refractivity contribution in [2.75, 3.05) is 13.6 Å². The number of likely N-dealkylation sites (N-methyl/N-ethyl adjacent to an activating group) is 1. The molecular weight excluding hydrogens is 244 g/mol. The quantitative estimate of drug-likeness (QED) is 0.511. The van der Waals surface area contributed by atoms with E-state index in [1.807, 2.05) is 0 Å². The zero-order chi connectivity index (χ0) is 14.4. The first kappa shape index (κ1) is 15.1. The number of rotatable bonds is 7. The van der Waals surface area contributed by atoms with E-state index in [9.17, 15) is 14.4 Å². The molecule has 1 aliphatic rings. The Morgan fingerprint density at radius 3 is 2.42 bits per heavy atom. The van der Waals surface area contributed by atoms with Gasteiger partial charge < -0.3 is 4.90 Å². The van der Waals surface area contributed by atoms with E-state index in [4.69, 9.17) is 0 Å². The fourth-order valence-electron chi connectivity index (χ4n) is 1.86. The first-order valence-electron chi connectivity index (χ1n) is 6.34. The van der Waals surface area contributed by atoms with Crippen LogP contribution >= 0.6 is 0 Å². The third-order valence-corrected chi connectivity index (χ3v) is 3.19. The summed E-state index contributed by atoms with van der Waals surface area (Å²) in [6.45, 7) is 7.38. The molecule has 0 aromatic carbocycles. The van der Waals surface area contributed by atoms with E-state index in [2.05, 4.69) is 13.2 Å². The third kappa shape index (κ3) is 3.53. The topological polar surface area (TPSA) is 57.7 Å². The summed E-state index contributed by atoms with van der Waals surface area (Å²) in [6, 6.07) is -0.495. The number of carbonyl (C=O) groups excluding carboxylic acids is 3. The predicted octanol–water partition coefficient (Wildman–Crippen LogP) is 1.11. The van der Waals surface area contributed by atoms with Crippen molar-refractivity contribution in [3.05, 3.63) is 25.3 Å². The maximum absolute atomic E-state index is 11.9. The number of nitrogens with zero attached hydrogens (tertiary/aromatic N) is 2. The van der Waals surface area contributed by atoms with Crippen LogP contribution < -0.4 is 0 Å². The van der Waals surface area contributed by atoms with Gasteiger partial charge in [0.05, 0.1) is 6.54 Å². The Morgan fingerprint density at radius 2 is 1.89 bits per heavy atom. The minimum Gasteiger partial charge on any atom is -0.332 e. The monoisotopic (exact) mass is 264 g/mol. The van der Waals surface area contributed by atoms with Crippen molar-refractivity contribution < 1.29 is 14.4 Å². The highest BCUT2D eigenvalue weighted by Crippen LogP contribution is 2.18. The van der Waals surface area contributed by atoms with Gasteiger partial charge in [0.25, 0.3) is 5.91 Å². The highest BCUT2D eigenvalue weighted by atomic mass is 16.2. The Bertz CT molecular complexity index is 403. The molecule has 104 valence electrons. The molecule has 1 aliphatic heterocycles. The summed E-state index contributed by atoms with van der Waals surface area (Å²) in [5.74, 6) is -0.590. The molecule has 0 spiro atoms. The lowest BCUT2D eigenvalue weighted by molar-refractivity contribution is -0.163. The summed E-state index contributed by atoms with van der Waals surface area (Å²) in [5.41, 5.74) is 0. The van der Waals surface area contributed by atoms with Gasteiger partial charge in [-0.2, -0.15) is 0 Å². The largest absolute Gasteiger partial charge is 0.332 e. The van der Waals surface area contributed by atoms with Gasteiger partial charge in [-0.15, -0.1) is 13.2 Å². The Morgan fingerprint density at radius 1 is 1.32 bits per heavy atom. The number of allylic oxidation sites excluding steroid dienone is 2. The van der Waals surface area contributed by atoms with E-state index in [0.717, 1.165) is 0 Å². The van der Waals surface area contributed by atoms with Crippen LogP contribution in [0.4, 0.5) is 0 Å². The normalized spacial score (nSPS) is 17.6. The first-order valence-corrected chi connectivity index (χ1v) is 6.34. The second-order valence-electron chi connectivity index (χ2n) is 4.52. The van der Waals surface area contributed by atoms with Gasteiger partial charge in [-0.05, 0) is 12.8 Å². The van der Waals surface area contributed by atoms with Gasteiger partial charge in [0.15, 0.2) is 0 Å². The second kappa shape index (κ2) is 6.87. The zero-order valence-electron chi connectivity index (χ0n) is 11.3. The molecule has 0 unspecified atom stereocenters. The van der Waals surface area contributed by atoms with E-state index < -0.39 is 6.04 Å². The zero-order valence-corrected chi connectivity index (χ0v) is 11.3. The lowest BCUT2D eigenvalue weighted by Gasteiger charge is -2.41. The van der Waals surface area contributed by atoms with Gasteiger partial charge in [0.1, 0.15) is 6.04 Å². The molecule has 1 atom stereocenters. The molecular formula is C14H20N2O3. The summed E-state index contributed by atoms with van der Waals surface area (Å²) in [5, 5.41) is 0. The van der Waals surface area contributed by atoms with Crippen molar-refractivity contribution in [1.29, 1.82) is 0 Å². The number of imide groups is 1. The standard InChI is InChI=1S/C14H20N2O3/c1-4-6-8-12(17)15(3)11-10-16(14(11)19)13(18)9-7-5-2/h4-5,11H,1-2,6-10H2,3H3/t11-/m0/s1. The molecule has 3 amide bonds. The van der Waals surface area contributed by atoms with Crippen LogP contribution in [0, 0.1) is 0 Å². The molecule has 1 heterocycles. The summed E-state index contributed by atoms with van der Waals surface area (Å²) in [4.78, 5) is 37.9. The van der Waals surface area contributed by atoms with Gasteiger partial charge in [0.2, 0.25) is 11.8 Å². The van der Waals surface area contributed by atoms with Crippen LogP contribution in [0.2, 0.25) is 0 Å². The molecule has 5 nitrogen and oxygen atoms in total. The van der Waals surface area contributed by atoms with Gasteiger partial charge in [-0.3, -0.25) is 19.3 Å². The van der Waals surface area contributed by atoms with Gasteiger partial charge in [-0.25, -0.2) is 0 Å². The SMILES string of the molecule is C=CCCC(=O)N1C[C@H](N(C)C(=O)CCC=C)C1=O. The Kier molecular flexibility index (Phi) is 5.48. The average molecular weight is 264 g/mol. The number of amides is 3. The van der Waals surface area contributed by atoms with Gasteiger partial charge in [-0.1, -0.05) is 12.2 Å². The molecule has 0 aliphatic carbocycles.